The fraction of sp³-hybridized carbons (Fsp3) is 0.533. The molecule has 100 valence electrons. The summed E-state index contributed by atoms with van der Waals surface area (Å²) in [7, 11) is 0. The normalized spacial score (nSPS) is 13.4. The molecule has 0 amide bonds. The van der Waals surface area contributed by atoms with Crippen LogP contribution in [0.25, 0.3) is 0 Å². The second-order valence-electron chi connectivity index (χ2n) is 5.99. The lowest BCUT2D eigenvalue weighted by Gasteiger charge is -2.26. The van der Waals surface area contributed by atoms with E-state index in [1.165, 1.54) is 0 Å². The molecule has 3 heteroatoms. The third-order valence-electron chi connectivity index (χ3n) is 3.16. The highest BCUT2D eigenvalue weighted by atomic mass is 35.5. The molecular formula is C15H22ClNO. The number of carbonyl (C=O) groups is 1. The highest BCUT2D eigenvalue weighted by Gasteiger charge is 2.23. The zero-order valence-corrected chi connectivity index (χ0v) is 12.3. The predicted molar refractivity (Wildman–Crippen MR) is 76.9 cm³/mol. The molecule has 0 spiro atoms. The summed E-state index contributed by atoms with van der Waals surface area (Å²) in [6.45, 7) is 8.12. The van der Waals surface area contributed by atoms with Gasteiger partial charge in [0.2, 0.25) is 0 Å². The maximum atomic E-state index is 12.0. The van der Waals surface area contributed by atoms with E-state index in [-0.39, 0.29) is 17.2 Å². The van der Waals surface area contributed by atoms with Gasteiger partial charge >= 0.3 is 0 Å². The van der Waals surface area contributed by atoms with Gasteiger partial charge in [0, 0.05) is 23.9 Å². The van der Waals surface area contributed by atoms with E-state index in [9.17, 15) is 4.79 Å². The summed E-state index contributed by atoms with van der Waals surface area (Å²) in [5.74, 6) is 0.142. The second-order valence-corrected chi connectivity index (χ2v) is 6.39. The van der Waals surface area contributed by atoms with Gasteiger partial charge in [0.15, 0.2) is 0 Å². The Bertz CT molecular complexity index is 435. The van der Waals surface area contributed by atoms with Crippen molar-refractivity contribution in [3.8, 4) is 0 Å². The molecule has 0 saturated heterocycles. The lowest BCUT2D eigenvalue weighted by atomic mass is 9.84. The number of ketones is 1. The maximum Gasteiger partial charge on any atom is 0.138 e. The van der Waals surface area contributed by atoms with Gasteiger partial charge < -0.3 is 5.73 Å². The van der Waals surface area contributed by atoms with Gasteiger partial charge in [0.05, 0.1) is 0 Å². The minimum atomic E-state index is -0.116. The van der Waals surface area contributed by atoms with Crippen molar-refractivity contribution in [3.05, 3.63) is 34.3 Å². The molecule has 0 bridgehead atoms. The van der Waals surface area contributed by atoms with Gasteiger partial charge in [0.1, 0.15) is 5.78 Å². The third-order valence-corrected chi connectivity index (χ3v) is 3.51. The van der Waals surface area contributed by atoms with E-state index in [0.717, 1.165) is 11.1 Å². The van der Waals surface area contributed by atoms with Crippen LogP contribution in [0.15, 0.2) is 18.2 Å². The molecule has 1 atom stereocenters. The Labute approximate surface area is 115 Å². The Morgan fingerprint density at radius 2 is 2.00 bits per heavy atom. The lowest BCUT2D eigenvalue weighted by molar-refractivity contribution is -0.119. The van der Waals surface area contributed by atoms with E-state index in [0.29, 0.717) is 17.9 Å². The third kappa shape index (κ3) is 4.43. The van der Waals surface area contributed by atoms with Gasteiger partial charge in [-0.05, 0) is 29.5 Å². The van der Waals surface area contributed by atoms with Crippen LogP contribution in [0.1, 0.15) is 38.3 Å². The molecule has 1 unspecified atom stereocenters. The average molecular weight is 268 g/mol. The summed E-state index contributed by atoms with van der Waals surface area (Å²) in [5.41, 5.74) is 7.95. The SMILES string of the molecule is Cc1ccc(CC(=O)CC(N)C(C)(C)C)c(Cl)c1. The number of rotatable bonds is 4. The standard InChI is InChI=1S/C15H22ClNO/c1-10-5-6-11(13(16)7-10)8-12(18)9-14(17)15(2,3)4/h5-7,14H,8-9,17H2,1-4H3. The molecule has 1 aromatic carbocycles. The monoisotopic (exact) mass is 267 g/mol. The van der Waals surface area contributed by atoms with Crippen molar-refractivity contribution in [2.24, 2.45) is 11.1 Å². The molecule has 2 N–H and O–H groups in total. The Morgan fingerprint density at radius 3 is 2.50 bits per heavy atom. The van der Waals surface area contributed by atoms with Gasteiger partial charge in [-0.3, -0.25) is 4.79 Å². The number of halogens is 1. The first kappa shape index (κ1) is 15.2. The van der Waals surface area contributed by atoms with E-state index in [4.69, 9.17) is 17.3 Å². The van der Waals surface area contributed by atoms with Crippen molar-refractivity contribution in [1.82, 2.24) is 0 Å². The highest BCUT2D eigenvalue weighted by molar-refractivity contribution is 6.31. The lowest BCUT2D eigenvalue weighted by Crippen LogP contribution is -2.37. The van der Waals surface area contributed by atoms with Crippen molar-refractivity contribution in [2.45, 2.75) is 46.6 Å². The molecule has 0 aliphatic heterocycles. The minimum absolute atomic E-state index is 0.0489. The summed E-state index contributed by atoms with van der Waals surface area (Å²) in [6.07, 6.45) is 0.761. The molecule has 0 aliphatic rings. The molecule has 2 nitrogen and oxygen atoms in total. The van der Waals surface area contributed by atoms with E-state index in [1.54, 1.807) is 0 Å². The number of hydrogen-bond donors (Lipinski definition) is 1. The topological polar surface area (TPSA) is 43.1 Å². The van der Waals surface area contributed by atoms with Crippen LogP contribution in [0.4, 0.5) is 0 Å². The predicted octanol–water partition coefficient (Wildman–Crippen LogP) is 3.52. The van der Waals surface area contributed by atoms with Gasteiger partial charge in [0.25, 0.3) is 0 Å². The fourth-order valence-electron chi connectivity index (χ4n) is 1.63. The smallest absolute Gasteiger partial charge is 0.138 e. The maximum absolute atomic E-state index is 12.0. The fourth-order valence-corrected chi connectivity index (χ4v) is 1.93. The summed E-state index contributed by atoms with van der Waals surface area (Å²) < 4.78 is 0. The first-order chi connectivity index (χ1) is 8.20. The summed E-state index contributed by atoms with van der Waals surface area (Å²) in [4.78, 5) is 12.0. The quantitative estimate of drug-likeness (QED) is 0.907. The summed E-state index contributed by atoms with van der Waals surface area (Å²) >= 11 is 6.12. The molecule has 0 aliphatic carbocycles. The number of nitrogens with two attached hydrogens (primary N) is 1. The van der Waals surface area contributed by atoms with Crippen LogP contribution in [0.5, 0.6) is 0 Å². The summed E-state index contributed by atoms with van der Waals surface area (Å²) in [5, 5.41) is 0.660. The molecule has 1 rings (SSSR count). The highest BCUT2D eigenvalue weighted by Crippen LogP contribution is 2.22. The van der Waals surface area contributed by atoms with Crippen molar-refractivity contribution >= 4 is 17.4 Å². The molecule has 0 aromatic heterocycles. The van der Waals surface area contributed by atoms with Crippen LogP contribution < -0.4 is 5.73 Å². The van der Waals surface area contributed by atoms with Crippen LogP contribution in [-0.4, -0.2) is 11.8 Å². The molecule has 18 heavy (non-hydrogen) atoms. The number of hydrogen-bond acceptors (Lipinski definition) is 2. The van der Waals surface area contributed by atoms with E-state index in [1.807, 2.05) is 45.9 Å². The van der Waals surface area contributed by atoms with Crippen molar-refractivity contribution in [3.63, 3.8) is 0 Å². The van der Waals surface area contributed by atoms with Crippen molar-refractivity contribution in [1.29, 1.82) is 0 Å². The van der Waals surface area contributed by atoms with Crippen LogP contribution in [0.3, 0.4) is 0 Å². The average Bonchev–Trinajstić information content (AvgIpc) is 2.20. The molecule has 1 aromatic rings. The number of carbonyl (C=O) groups excluding carboxylic acids is 1. The van der Waals surface area contributed by atoms with Crippen LogP contribution in [-0.2, 0) is 11.2 Å². The first-order valence-electron chi connectivity index (χ1n) is 6.22. The Hall–Kier alpha value is -0.860. The van der Waals surface area contributed by atoms with E-state index >= 15 is 0 Å². The Balaban J connectivity index is 2.65. The molecule has 0 fully saturated rings. The molecule has 0 saturated carbocycles. The number of benzene rings is 1. The van der Waals surface area contributed by atoms with Crippen LogP contribution >= 0.6 is 11.6 Å². The zero-order valence-electron chi connectivity index (χ0n) is 11.6. The second kappa shape index (κ2) is 5.85. The van der Waals surface area contributed by atoms with E-state index in [2.05, 4.69) is 0 Å². The Kier molecular flexibility index (Phi) is 4.94. The van der Waals surface area contributed by atoms with Crippen molar-refractivity contribution < 1.29 is 4.79 Å². The van der Waals surface area contributed by atoms with Gasteiger partial charge in [-0.1, -0.05) is 44.5 Å². The largest absolute Gasteiger partial charge is 0.327 e. The number of aryl methyl sites for hydroxylation is 1. The minimum Gasteiger partial charge on any atom is -0.327 e. The Morgan fingerprint density at radius 1 is 1.39 bits per heavy atom. The molecule has 0 heterocycles. The summed E-state index contributed by atoms with van der Waals surface area (Å²) in [6, 6.07) is 5.65. The van der Waals surface area contributed by atoms with Gasteiger partial charge in [-0.2, -0.15) is 0 Å². The van der Waals surface area contributed by atoms with Crippen LogP contribution in [0, 0.1) is 12.3 Å². The number of Topliss-reactive ketones (excluding diaryl/α,β-unsaturated/α-hetero) is 1. The molecule has 0 radical (unpaired) electrons. The van der Waals surface area contributed by atoms with E-state index < -0.39 is 0 Å². The molecular weight excluding hydrogens is 246 g/mol. The van der Waals surface area contributed by atoms with Gasteiger partial charge in [-0.25, -0.2) is 0 Å². The first-order valence-corrected chi connectivity index (χ1v) is 6.60. The zero-order chi connectivity index (χ0) is 13.9. The van der Waals surface area contributed by atoms with Crippen molar-refractivity contribution in [2.75, 3.05) is 0 Å². The van der Waals surface area contributed by atoms with Crippen LogP contribution in [0.2, 0.25) is 5.02 Å². The van der Waals surface area contributed by atoms with Gasteiger partial charge in [-0.15, -0.1) is 0 Å².